The summed E-state index contributed by atoms with van der Waals surface area (Å²) < 4.78 is 16.7. The van der Waals surface area contributed by atoms with Gasteiger partial charge in [-0.1, -0.05) is 13.8 Å². The Labute approximate surface area is 153 Å². The van der Waals surface area contributed by atoms with E-state index in [-0.39, 0.29) is 5.60 Å². The van der Waals surface area contributed by atoms with Crippen molar-refractivity contribution in [1.29, 1.82) is 0 Å². The highest BCUT2D eigenvalue weighted by molar-refractivity contribution is 5.42. The molecule has 2 rings (SSSR count). The van der Waals surface area contributed by atoms with Crippen LogP contribution in [0.5, 0.6) is 11.5 Å². The number of nitrogens with two attached hydrogens (primary N) is 1. The molecular formula is C21H36NO3+. The van der Waals surface area contributed by atoms with Crippen LogP contribution in [0.4, 0.5) is 0 Å². The van der Waals surface area contributed by atoms with Crippen LogP contribution in [0, 0.1) is 11.3 Å². The Morgan fingerprint density at radius 3 is 2.48 bits per heavy atom. The molecule has 1 fully saturated rings. The lowest BCUT2D eigenvalue weighted by Gasteiger charge is -2.47. The van der Waals surface area contributed by atoms with Gasteiger partial charge in [0.2, 0.25) is 0 Å². The van der Waals surface area contributed by atoms with Gasteiger partial charge in [-0.15, -0.1) is 0 Å². The zero-order valence-corrected chi connectivity index (χ0v) is 16.9. The molecule has 1 atom stereocenters. The highest BCUT2D eigenvalue weighted by Gasteiger charge is 2.42. The number of quaternary nitrogens is 1. The molecule has 1 aromatic rings. The van der Waals surface area contributed by atoms with Crippen LogP contribution < -0.4 is 14.8 Å². The largest absolute Gasteiger partial charge is 0.493 e. The third-order valence-electron chi connectivity index (χ3n) is 5.77. The fourth-order valence-corrected chi connectivity index (χ4v) is 4.18. The summed E-state index contributed by atoms with van der Waals surface area (Å²) >= 11 is 0. The van der Waals surface area contributed by atoms with Gasteiger partial charge in [0.25, 0.3) is 0 Å². The van der Waals surface area contributed by atoms with E-state index in [0.29, 0.717) is 11.3 Å². The maximum Gasteiger partial charge on any atom is 0.161 e. The maximum atomic E-state index is 5.96. The van der Waals surface area contributed by atoms with Crippen molar-refractivity contribution < 1.29 is 19.5 Å². The van der Waals surface area contributed by atoms with E-state index in [1.54, 1.807) is 14.2 Å². The van der Waals surface area contributed by atoms with E-state index in [1.165, 1.54) is 18.4 Å². The monoisotopic (exact) mass is 350 g/mol. The molecule has 0 radical (unpaired) electrons. The Morgan fingerprint density at radius 1 is 1.16 bits per heavy atom. The number of rotatable bonds is 8. The predicted molar refractivity (Wildman–Crippen MR) is 101 cm³/mol. The number of hydrogen-bond acceptors (Lipinski definition) is 3. The van der Waals surface area contributed by atoms with Gasteiger partial charge in [-0.3, -0.25) is 0 Å². The molecule has 142 valence electrons. The maximum absolute atomic E-state index is 5.96. The molecule has 0 aliphatic carbocycles. The topological polar surface area (TPSA) is 44.3 Å². The van der Waals surface area contributed by atoms with E-state index >= 15 is 0 Å². The smallest absolute Gasteiger partial charge is 0.161 e. The van der Waals surface area contributed by atoms with Gasteiger partial charge >= 0.3 is 0 Å². The third-order valence-corrected chi connectivity index (χ3v) is 5.77. The van der Waals surface area contributed by atoms with E-state index in [1.807, 2.05) is 6.07 Å². The Kier molecular flexibility index (Phi) is 6.75. The van der Waals surface area contributed by atoms with Crippen LogP contribution in [0.1, 0.15) is 52.5 Å². The number of hydrogen-bond donors (Lipinski definition) is 1. The quantitative estimate of drug-likeness (QED) is 0.731. The van der Waals surface area contributed by atoms with Gasteiger partial charge in [-0.2, -0.15) is 0 Å². The van der Waals surface area contributed by atoms with Crippen LogP contribution >= 0.6 is 0 Å². The van der Waals surface area contributed by atoms with Crippen molar-refractivity contribution in [2.45, 2.75) is 59.1 Å². The van der Waals surface area contributed by atoms with Crippen LogP contribution in [-0.4, -0.2) is 33.0 Å². The lowest BCUT2D eigenvalue weighted by molar-refractivity contribution is -0.672. The molecule has 0 saturated carbocycles. The zero-order valence-electron chi connectivity index (χ0n) is 16.9. The van der Waals surface area contributed by atoms with Crippen molar-refractivity contribution in [2.24, 2.45) is 11.3 Å². The van der Waals surface area contributed by atoms with E-state index in [9.17, 15) is 0 Å². The minimum Gasteiger partial charge on any atom is -0.493 e. The molecular weight excluding hydrogens is 314 g/mol. The van der Waals surface area contributed by atoms with Crippen molar-refractivity contribution in [3.05, 3.63) is 23.8 Å². The van der Waals surface area contributed by atoms with Crippen LogP contribution in [0.15, 0.2) is 18.2 Å². The van der Waals surface area contributed by atoms with Gasteiger partial charge in [0.05, 0.1) is 26.4 Å². The Morgan fingerprint density at radius 2 is 1.88 bits per heavy atom. The molecule has 1 aliphatic rings. The lowest BCUT2D eigenvalue weighted by atomic mass is 9.65. The van der Waals surface area contributed by atoms with E-state index in [2.05, 4.69) is 45.1 Å². The summed E-state index contributed by atoms with van der Waals surface area (Å²) in [6.45, 7) is 12.2. The summed E-state index contributed by atoms with van der Waals surface area (Å²) in [4.78, 5) is 0. The minimum atomic E-state index is 0.00582. The molecule has 0 bridgehead atoms. The van der Waals surface area contributed by atoms with Gasteiger partial charge in [-0.25, -0.2) is 0 Å². The van der Waals surface area contributed by atoms with Crippen molar-refractivity contribution in [3.63, 3.8) is 0 Å². The van der Waals surface area contributed by atoms with Crippen molar-refractivity contribution >= 4 is 0 Å². The van der Waals surface area contributed by atoms with Crippen LogP contribution in [0.3, 0.4) is 0 Å². The summed E-state index contributed by atoms with van der Waals surface area (Å²) in [6.07, 6.45) is 3.57. The second-order valence-corrected chi connectivity index (χ2v) is 8.27. The fraction of sp³-hybridized carbons (Fsp3) is 0.714. The first-order valence-corrected chi connectivity index (χ1v) is 9.48. The molecule has 1 aliphatic heterocycles. The molecule has 2 N–H and O–H groups in total. The molecule has 1 heterocycles. The SMILES string of the molecule is COc1ccc(C[NH2+]CC[C@@]2(C(C)C)CCOC(C)(C)C2)cc1OC. The van der Waals surface area contributed by atoms with Crippen LogP contribution in [0.25, 0.3) is 0 Å². The number of methoxy groups -OCH3 is 2. The summed E-state index contributed by atoms with van der Waals surface area (Å²) in [5.74, 6) is 2.28. The first-order chi connectivity index (χ1) is 11.8. The van der Waals surface area contributed by atoms with Gasteiger partial charge < -0.3 is 19.5 Å². The van der Waals surface area contributed by atoms with Crippen LogP contribution in [0.2, 0.25) is 0 Å². The van der Waals surface area contributed by atoms with Gasteiger partial charge in [-0.05, 0) is 56.2 Å². The standard InChI is InChI=1S/C21H35NO3/c1-16(2)21(10-12-25-20(3,4)15-21)9-11-22-14-17-7-8-18(23-5)19(13-17)24-6/h7-8,13,16,22H,9-12,14-15H2,1-6H3/p+1/t21-/m1/s1. The predicted octanol–water partition coefficient (Wildman–Crippen LogP) is 3.39. The summed E-state index contributed by atoms with van der Waals surface area (Å²) in [5.41, 5.74) is 1.67. The molecule has 0 amide bonds. The molecule has 4 nitrogen and oxygen atoms in total. The first-order valence-electron chi connectivity index (χ1n) is 9.48. The normalized spacial score (nSPS) is 22.8. The average Bonchev–Trinajstić information content (AvgIpc) is 2.57. The molecule has 0 spiro atoms. The summed E-state index contributed by atoms with van der Waals surface area (Å²) in [7, 11) is 3.36. The fourth-order valence-electron chi connectivity index (χ4n) is 4.18. The number of ether oxygens (including phenoxy) is 3. The van der Waals surface area contributed by atoms with E-state index in [4.69, 9.17) is 14.2 Å². The Hall–Kier alpha value is -1.26. The van der Waals surface area contributed by atoms with Gasteiger partial charge in [0, 0.05) is 18.6 Å². The second kappa shape index (κ2) is 8.41. The minimum absolute atomic E-state index is 0.00582. The number of benzene rings is 1. The van der Waals surface area contributed by atoms with Crippen LogP contribution in [-0.2, 0) is 11.3 Å². The molecule has 1 aromatic carbocycles. The van der Waals surface area contributed by atoms with Crippen molar-refractivity contribution in [3.8, 4) is 11.5 Å². The molecule has 4 heteroatoms. The molecule has 1 saturated heterocycles. The highest BCUT2D eigenvalue weighted by atomic mass is 16.5. The molecule has 25 heavy (non-hydrogen) atoms. The van der Waals surface area contributed by atoms with Gasteiger partial charge in [0.15, 0.2) is 11.5 Å². The Balaban J connectivity index is 1.91. The Bertz CT molecular complexity index is 556. The van der Waals surface area contributed by atoms with E-state index < -0.39 is 0 Å². The van der Waals surface area contributed by atoms with E-state index in [0.717, 1.165) is 37.6 Å². The molecule has 0 aromatic heterocycles. The zero-order chi connectivity index (χ0) is 18.5. The van der Waals surface area contributed by atoms with Crippen molar-refractivity contribution in [2.75, 3.05) is 27.4 Å². The summed E-state index contributed by atoms with van der Waals surface area (Å²) in [6, 6.07) is 6.18. The lowest BCUT2D eigenvalue weighted by Crippen LogP contribution is -2.83. The summed E-state index contributed by atoms with van der Waals surface area (Å²) in [5, 5.41) is 2.41. The second-order valence-electron chi connectivity index (χ2n) is 8.27. The average molecular weight is 351 g/mol. The van der Waals surface area contributed by atoms with Crippen molar-refractivity contribution in [1.82, 2.24) is 0 Å². The highest BCUT2D eigenvalue weighted by Crippen LogP contribution is 2.46. The molecule has 0 unspecified atom stereocenters. The van der Waals surface area contributed by atoms with Gasteiger partial charge in [0.1, 0.15) is 6.54 Å². The first kappa shape index (κ1) is 20.1. The third kappa shape index (κ3) is 5.11.